The van der Waals surface area contributed by atoms with Crippen LogP contribution in [0.25, 0.3) is 11.1 Å². The Bertz CT molecular complexity index is 559. The van der Waals surface area contributed by atoms with Crippen LogP contribution >= 0.6 is 0 Å². The summed E-state index contributed by atoms with van der Waals surface area (Å²) in [5, 5.41) is 0. The van der Waals surface area contributed by atoms with Gasteiger partial charge in [-0.05, 0) is 43.2 Å². The average Bonchev–Trinajstić information content (AvgIpc) is 2.32. The molecule has 0 aliphatic carbocycles. The van der Waals surface area contributed by atoms with Gasteiger partial charge in [-0.25, -0.2) is 0 Å². The fraction of sp³-hybridized carbons (Fsp3) is 0.143. The Balaban J connectivity index is 2.46. The van der Waals surface area contributed by atoms with Crippen LogP contribution in [-0.2, 0) is 0 Å². The fourth-order valence-corrected chi connectivity index (χ4v) is 1.74. The number of hydrogen-bond acceptors (Lipinski definition) is 2. The van der Waals surface area contributed by atoms with Gasteiger partial charge < -0.3 is 5.73 Å². The fourth-order valence-electron chi connectivity index (χ4n) is 1.74. The van der Waals surface area contributed by atoms with Gasteiger partial charge in [-0.3, -0.25) is 9.78 Å². The molecule has 0 unspecified atom stereocenters. The molecule has 2 aromatic rings. The van der Waals surface area contributed by atoms with Crippen molar-refractivity contribution in [3.05, 3.63) is 53.3 Å². The van der Waals surface area contributed by atoms with Crippen LogP contribution < -0.4 is 5.73 Å². The smallest absolute Gasteiger partial charge is 0.248 e. The van der Waals surface area contributed by atoms with Gasteiger partial charge in [0.1, 0.15) is 0 Å². The van der Waals surface area contributed by atoms with Crippen molar-refractivity contribution in [2.45, 2.75) is 13.8 Å². The zero-order chi connectivity index (χ0) is 12.4. The highest BCUT2D eigenvalue weighted by atomic mass is 16.1. The first-order valence-electron chi connectivity index (χ1n) is 5.41. The maximum absolute atomic E-state index is 11.0. The van der Waals surface area contributed by atoms with Crippen LogP contribution in [0.15, 0.2) is 36.5 Å². The maximum Gasteiger partial charge on any atom is 0.248 e. The topological polar surface area (TPSA) is 56.0 Å². The van der Waals surface area contributed by atoms with Gasteiger partial charge in [0.2, 0.25) is 5.91 Å². The van der Waals surface area contributed by atoms with E-state index in [4.69, 9.17) is 5.73 Å². The van der Waals surface area contributed by atoms with Crippen LogP contribution in [-0.4, -0.2) is 10.9 Å². The predicted octanol–water partition coefficient (Wildman–Crippen LogP) is 2.46. The lowest BCUT2D eigenvalue weighted by Gasteiger charge is -2.06. The Labute approximate surface area is 100 Å². The number of pyridine rings is 1. The first kappa shape index (κ1) is 11.3. The normalized spacial score (nSPS) is 10.2. The van der Waals surface area contributed by atoms with Crippen LogP contribution in [0, 0.1) is 13.8 Å². The van der Waals surface area contributed by atoms with Crippen molar-refractivity contribution in [2.75, 3.05) is 0 Å². The van der Waals surface area contributed by atoms with Crippen molar-refractivity contribution in [3.63, 3.8) is 0 Å². The Morgan fingerprint density at radius 2 is 1.82 bits per heavy atom. The first-order valence-corrected chi connectivity index (χ1v) is 5.41. The van der Waals surface area contributed by atoms with Crippen molar-refractivity contribution in [1.82, 2.24) is 4.98 Å². The van der Waals surface area contributed by atoms with Crippen LogP contribution in [0.4, 0.5) is 0 Å². The number of hydrogen-bond donors (Lipinski definition) is 1. The number of carbonyl (C=O) groups is 1. The Morgan fingerprint density at radius 3 is 2.41 bits per heavy atom. The van der Waals surface area contributed by atoms with Crippen molar-refractivity contribution in [1.29, 1.82) is 0 Å². The van der Waals surface area contributed by atoms with Crippen molar-refractivity contribution >= 4 is 5.91 Å². The SMILES string of the molecule is Cc1cnc(C)c(-c2ccc(C(N)=O)cc2)c1. The standard InChI is InChI=1S/C14H14N2O/c1-9-7-13(10(2)16-8-9)11-3-5-12(6-4-11)14(15)17/h3-8H,1-2H3,(H2,15,17). The highest BCUT2D eigenvalue weighted by molar-refractivity contribution is 5.93. The maximum atomic E-state index is 11.0. The second-order valence-corrected chi connectivity index (χ2v) is 4.09. The molecule has 3 heteroatoms. The molecule has 1 aromatic carbocycles. The van der Waals surface area contributed by atoms with E-state index in [0.29, 0.717) is 5.56 Å². The molecule has 1 aromatic heterocycles. The predicted molar refractivity (Wildman–Crippen MR) is 67.7 cm³/mol. The third kappa shape index (κ3) is 2.33. The van der Waals surface area contributed by atoms with Crippen LogP contribution in [0.2, 0.25) is 0 Å². The molecule has 0 saturated heterocycles. The molecular weight excluding hydrogens is 212 g/mol. The van der Waals surface area contributed by atoms with E-state index in [1.165, 1.54) is 0 Å². The minimum Gasteiger partial charge on any atom is -0.366 e. The van der Waals surface area contributed by atoms with E-state index in [9.17, 15) is 4.79 Å². The largest absolute Gasteiger partial charge is 0.366 e. The Kier molecular flexibility index (Phi) is 2.91. The summed E-state index contributed by atoms with van der Waals surface area (Å²) in [5.41, 5.74) is 9.94. The van der Waals surface area contributed by atoms with E-state index in [0.717, 1.165) is 22.4 Å². The third-order valence-electron chi connectivity index (χ3n) is 2.70. The number of nitrogens with zero attached hydrogens (tertiary/aromatic N) is 1. The van der Waals surface area contributed by atoms with Gasteiger partial charge in [-0.2, -0.15) is 0 Å². The summed E-state index contributed by atoms with van der Waals surface area (Å²) in [6, 6.07) is 9.34. The molecule has 0 aliphatic heterocycles. The van der Waals surface area contributed by atoms with Gasteiger partial charge in [0, 0.05) is 23.0 Å². The molecule has 1 heterocycles. The minimum absolute atomic E-state index is 0.407. The van der Waals surface area contributed by atoms with E-state index in [2.05, 4.69) is 11.1 Å². The second-order valence-electron chi connectivity index (χ2n) is 4.09. The van der Waals surface area contributed by atoms with Crippen molar-refractivity contribution < 1.29 is 4.79 Å². The summed E-state index contributed by atoms with van der Waals surface area (Å²) in [5.74, 6) is -0.407. The first-order chi connectivity index (χ1) is 8.08. The third-order valence-corrected chi connectivity index (χ3v) is 2.70. The van der Waals surface area contributed by atoms with Crippen molar-refractivity contribution in [3.8, 4) is 11.1 Å². The van der Waals surface area contributed by atoms with Gasteiger partial charge in [0.25, 0.3) is 0 Å². The molecule has 0 spiro atoms. The summed E-state index contributed by atoms with van der Waals surface area (Å²) in [4.78, 5) is 15.3. The highest BCUT2D eigenvalue weighted by Gasteiger charge is 2.05. The summed E-state index contributed by atoms with van der Waals surface area (Å²) >= 11 is 0. The molecule has 1 amide bonds. The average molecular weight is 226 g/mol. The Hall–Kier alpha value is -2.16. The van der Waals surface area contributed by atoms with Gasteiger partial charge >= 0.3 is 0 Å². The number of benzene rings is 1. The van der Waals surface area contributed by atoms with Gasteiger partial charge in [0.05, 0.1) is 0 Å². The number of carbonyl (C=O) groups excluding carboxylic acids is 1. The van der Waals surface area contributed by atoms with Crippen LogP contribution in [0.3, 0.4) is 0 Å². The quantitative estimate of drug-likeness (QED) is 0.855. The molecule has 2 rings (SSSR count). The number of amides is 1. The molecule has 0 aliphatic rings. The zero-order valence-electron chi connectivity index (χ0n) is 9.90. The Morgan fingerprint density at radius 1 is 1.18 bits per heavy atom. The molecule has 0 fully saturated rings. The molecule has 2 N–H and O–H groups in total. The summed E-state index contributed by atoms with van der Waals surface area (Å²) < 4.78 is 0. The molecule has 3 nitrogen and oxygen atoms in total. The molecule has 0 saturated carbocycles. The zero-order valence-corrected chi connectivity index (χ0v) is 9.90. The van der Waals surface area contributed by atoms with E-state index >= 15 is 0 Å². The van der Waals surface area contributed by atoms with E-state index in [1.807, 2.05) is 32.2 Å². The van der Waals surface area contributed by atoms with E-state index in [-0.39, 0.29) is 0 Å². The molecular formula is C14H14N2O. The van der Waals surface area contributed by atoms with Gasteiger partial charge in [-0.1, -0.05) is 12.1 Å². The molecule has 17 heavy (non-hydrogen) atoms. The van der Waals surface area contributed by atoms with Crippen LogP contribution in [0.1, 0.15) is 21.6 Å². The number of aromatic nitrogens is 1. The number of rotatable bonds is 2. The van der Waals surface area contributed by atoms with Crippen molar-refractivity contribution in [2.24, 2.45) is 5.73 Å². The summed E-state index contributed by atoms with van der Waals surface area (Å²) in [6.07, 6.45) is 1.84. The lowest BCUT2D eigenvalue weighted by molar-refractivity contribution is 0.100. The van der Waals surface area contributed by atoms with E-state index in [1.54, 1.807) is 12.1 Å². The van der Waals surface area contributed by atoms with Crippen LogP contribution in [0.5, 0.6) is 0 Å². The number of primary amides is 1. The van der Waals surface area contributed by atoms with Gasteiger partial charge in [0.15, 0.2) is 0 Å². The minimum atomic E-state index is -0.407. The summed E-state index contributed by atoms with van der Waals surface area (Å²) in [7, 11) is 0. The number of nitrogens with two attached hydrogens (primary N) is 1. The molecule has 0 atom stereocenters. The van der Waals surface area contributed by atoms with E-state index < -0.39 is 5.91 Å². The van der Waals surface area contributed by atoms with Gasteiger partial charge in [-0.15, -0.1) is 0 Å². The molecule has 86 valence electrons. The summed E-state index contributed by atoms with van der Waals surface area (Å²) in [6.45, 7) is 3.98. The lowest BCUT2D eigenvalue weighted by Crippen LogP contribution is -2.10. The number of aryl methyl sites for hydroxylation is 2. The molecule has 0 bridgehead atoms. The highest BCUT2D eigenvalue weighted by Crippen LogP contribution is 2.23. The second kappa shape index (κ2) is 4.37. The monoisotopic (exact) mass is 226 g/mol. The lowest BCUT2D eigenvalue weighted by atomic mass is 10.0. The molecule has 0 radical (unpaired) electrons.